The molecule has 3 atom stereocenters. The van der Waals surface area contributed by atoms with E-state index in [1.54, 1.807) is 6.07 Å². The van der Waals surface area contributed by atoms with Gasteiger partial charge in [-0.1, -0.05) is 12.1 Å². The summed E-state index contributed by atoms with van der Waals surface area (Å²) in [7, 11) is 0. The second-order valence-corrected chi connectivity index (χ2v) is 7.67. The zero-order valence-corrected chi connectivity index (χ0v) is 16.3. The Labute approximate surface area is 167 Å². The van der Waals surface area contributed by atoms with Crippen molar-refractivity contribution in [2.75, 3.05) is 0 Å². The Morgan fingerprint density at radius 2 is 2.10 bits per heavy atom. The van der Waals surface area contributed by atoms with Crippen molar-refractivity contribution >= 4 is 28.0 Å². The van der Waals surface area contributed by atoms with Crippen molar-refractivity contribution in [2.45, 2.75) is 38.8 Å². The van der Waals surface area contributed by atoms with E-state index in [2.05, 4.69) is 32.8 Å². The fraction of sp³-hybridized carbons (Fsp3) is 0.318. The number of aromatic amines is 1. The zero-order valence-electron chi connectivity index (χ0n) is 16.3. The van der Waals surface area contributed by atoms with Crippen LogP contribution < -0.4 is 5.32 Å². The first-order chi connectivity index (χ1) is 14.0. The van der Waals surface area contributed by atoms with Crippen LogP contribution in [-0.4, -0.2) is 25.4 Å². The van der Waals surface area contributed by atoms with E-state index in [1.807, 2.05) is 25.1 Å². The fourth-order valence-electron chi connectivity index (χ4n) is 4.08. The number of imidazole rings is 2. The lowest BCUT2D eigenvalue weighted by Crippen LogP contribution is -2.29. The number of hydrogen-bond acceptors (Lipinski definition) is 3. The quantitative estimate of drug-likeness (QED) is 0.539. The van der Waals surface area contributed by atoms with Crippen molar-refractivity contribution in [3.63, 3.8) is 0 Å². The number of carbonyl (C=O) groups excluding carboxylic acids is 1. The number of para-hydroxylation sites is 2. The molecule has 1 fully saturated rings. The molecule has 7 heteroatoms. The lowest BCUT2D eigenvalue weighted by molar-refractivity contribution is -0.123. The molecule has 1 aliphatic rings. The Hall–Kier alpha value is -3.22. The van der Waals surface area contributed by atoms with E-state index in [1.165, 1.54) is 12.1 Å². The second kappa shape index (κ2) is 6.69. The summed E-state index contributed by atoms with van der Waals surface area (Å²) in [5, 5.41) is 3.04. The molecule has 0 spiro atoms. The van der Waals surface area contributed by atoms with Crippen LogP contribution in [0.3, 0.4) is 0 Å². The number of aryl methyl sites for hydroxylation is 1. The van der Waals surface area contributed by atoms with Crippen molar-refractivity contribution in [2.24, 2.45) is 5.92 Å². The fourth-order valence-corrected chi connectivity index (χ4v) is 4.08. The lowest BCUT2D eigenvalue weighted by Gasteiger charge is -2.11. The predicted molar refractivity (Wildman–Crippen MR) is 109 cm³/mol. The Kier molecular flexibility index (Phi) is 4.12. The minimum absolute atomic E-state index is 0.00356. The summed E-state index contributed by atoms with van der Waals surface area (Å²) in [6.45, 7) is 4.80. The first-order valence-corrected chi connectivity index (χ1v) is 9.96. The molecule has 6 nitrogen and oxygen atoms in total. The average Bonchev–Trinajstić information content (AvgIpc) is 3.25. The molecular formula is C22H22FN5O. The van der Waals surface area contributed by atoms with E-state index < -0.39 is 0 Å². The molecule has 2 heterocycles. The van der Waals surface area contributed by atoms with Gasteiger partial charge in [0.15, 0.2) is 0 Å². The third-order valence-corrected chi connectivity index (χ3v) is 5.69. The molecule has 29 heavy (non-hydrogen) atoms. The molecule has 1 aliphatic carbocycles. The van der Waals surface area contributed by atoms with Crippen LogP contribution >= 0.6 is 0 Å². The van der Waals surface area contributed by atoms with Crippen LogP contribution in [0.15, 0.2) is 42.5 Å². The molecule has 1 amide bonds. The SMILES string of the molecule is CCn1c([C@H]2C[C@@H]2C(=O)NC(C)c2nc3ccc(F)cc3[nH]2)nc2ccccc21. The second-order valence-electron chi connectivity index (χ2n) is 7.67. The van der Waals surface area contributed by atoms with Gasteiger partial charge in [0.2, 0.25) is 5.91 Å². The van der Waals surface area contributed by atoms with Gasteiger partial charge < -0.3 is 14.9 Å². The van der Waals surface area contributed by atoms with Gasteiger partial charge in [0.25, 0.3) is 0 Å². The van der Waals surface area contributed by atoms with Crippen LogP contribution in [0.5, 0.6) is 0 Å². The van der Waals surface area contributed by atoms with Crippen molar-refractivity contribution in [1.82, 2.24) is 24.8 Å². The van der Waals surface area contributed by atoms with Gasteiger partial charge in [-0.3, -0.25) is 4.79 Å². The first kappa shape index (κ1) is 17.8. The number of nitrogens with one attached hydrogen (secondary N) is 2. The number of halogens is 1. The number of nitrogens with zero attached hydrogens (tertiary/aromatic N) is 3. The first-order valence-electron chi connectivity index (χ1n) is 9.96. The van der Waals surface area contributed by atoms with Gasteiger partial charge in [0, 0.05) is 18.4 Å². The van der Waals surface area contributed by atoms with Crippen LogP contribution in [0.25, 0.3) is 22.1 Å². The molecule has 1 unspecified atom stereocenters. The highest BCUT2D eigenvalue weighted by Crippen LogP contribution is 2.48. The van der Waals surface area contributed by atoms with Crippen molar-refractivity contribution in [3.8, 4) is 0 Å². The summed E-state index contributed by atoms with van der Waals surface area (Å²) in [6.07, 6.45) is 0.799. The molecule has 2 aromatic carbocycles. The maximum Gasteiger partial charge on any atom is 0.224 e. The molecule has 2 aromatic heterocycles. The van der Waals surface area contributed by atoms with Gasteiger partial charge in [-0.05, 0) is 50.6 Å². The Morgan fingerprint density at radius 3 is 2.93 bits per heavy atom. The van der Waals surface area contributed by atoms with Gasteiger partial charge in [-0.15, -0.1) is 0 Å². The van der Waals surface area contributed by atoms with Gasteiger partial charge in [0.05, 0.1) is 28.1 Å². The Bertz CT molecular complexity index is 1230. The molecule has 2 N–H and O–H groups in total. The third-order valence-electron chi connectivity index (χ3n) is 5.69. The van der Waals surface area contributed by atoms with Gasteiger partial charge in [-0.25, -0.2) is 14.4 Å². The summed E-state index contributed by atoms with van der Waals surface area (Å²) < 4.78 is 15.6. The predicted octanol–water partition coefficient (Wildman–Crippen LogP) is 4.05. The maximum absolute atomic E-state index is 13.4. The number of hydrogen-bond donors (Lipinski definition) is 2. The third kappa shape index (κ3) is 3.06. The van der Waals surface area contributed by atoms with Crippen molar-refractivity contribution in [3.05, 3.63) is 59.9 Å². The normalized spacial score (nSPS) is 19.6. The van der Waals surface area contributed by atoms with Crippen molar-refractivity contribution in [1.29, 1.82) is 0 Å². The van der Waals surface area contributed by atoms with E-state index in [4.69, 9.17) is 4.98 Å². The van der Waals surface area contributed by atoms with Crippen LogP contribution in [0.4, 0.5) is 4.39 Å². The molecular weight excluding hydrogens is 369 g/mol. The zero-order chi connectivity index (χ0) is 20.1. The minimum atomic E-state index is -0.316. The highest BCUT2D eigenvalue weighted by molar-refractivity contribution is 5.84. The van der Waals surface area contributed by atoms with Gasteiger partial charge in [-0.2, -0.15) is 0 Å². The highest BCUT2D eigenvalue weighted by Gasteiger charge is 2.47. The molecule has 5 rings (SSSR count). The summed E-state index contributed by atoms with van der Waals surface area (Å²) in [6, 6.07) is 12.2. The molecule has 1 saturated carbocycles. The minimum Gasteiger partial charge on any atom is -0.346 e. The van der Waals surface area contributed by atoms with E-state index >= 15 is 0 Å². The monoisotopic (exact) mass is 391 g/mol. The van der Waals surface area contributed by atoms with Gasteiger partial charge in [0.1, 0.15) is 17.5 Å². The summed E-state index contributed by atoms with van der Waals surface area (Å²) in [5.41, 5.74) is 3.39. The number of benzene rings is 2. The van der Waals surface area contributed by atoms with E-state index in [9.17, 15) is 9.18 Å². The smallest absolute Gasteiger partial charge is 0.224 e. The topological polar surface area (TPSA) is 75.6 Å². The highest BCUT2D eigenvalue weighted by atomic mass is 19.1. The maximum atomic E-state index is 13.4. The average molecular weight is 391 g/mol. The number of fused-ring (bicyclic) bond motifs is 2. The van der Waals surface area contributed by atoms with Crippen LogP contribution in [-0.2, 0) is 11.3 Å². The van der Waals surface area contributed by atoms with E-state index in [-0.39, 0.29) is 29.6 Å². The van der Waals surface area contributed by atoms with E-state index in [0.29, 0.717) is 16.9 Å². The van der Waals surface area contributed by atoms with E-state index in [0.717, 1.165) is 29.8 Å². The standard InChI is InChI=1S/C22H22FN5O/c1-3-28-19-7-5-4-6-17(19)27-21(28)14-11-15(14)22(29)24-12(2)20-25-16-9-8-13(23)10-18(16)26-20/h4-10,12,14-15H,3,11H2,1-2H3,(H,24,29)(H,25,26)/t12?,14-,15-/m0/s1. The summed E-state index contributed by atoms with van der Waals surface area (Å²) >= 11 is 0. The van der Waals surface area contributed by atoms with Crippen LogP contribution in [0.1, 0.15) is 43.9 Å². The Morgan fingerprint density at radius 1 is 1.28 bits per heavy atom. The summed E-state index contributed by atoms with van der Waals surface area (Å²) in [4.78, 5) is 25.2. The Balaban J connectivity index is 1.32. The van der Waals surface area contributed by atoms with Crippen molar-refractivity contribution < 1.29 is 9.18 Å². The van der Waals surface area contributed by atoms with Crippen LogP contribution in [0.2, 0.25) is 0 Å². The number of rotatable bonds is 5. The molecule has 148 valence electrons. The number of carbonyl (C=O) groups is 1. The molecule has 0 bridgehead atoms. The lowest BCUT2D eigenvalue weighted by atomic mass is 10.2. The number of amides is 1. The molecule has 0 radical (unpaired) electrons. The van der Waals surface area contributed by atoms with Crippen LogP contribution in [0, 0.1) is 11.7 Å². The molecule has 4 aromatic rings. The number of aromatic nitrogens is 4. The molecule has 0 aliphatic heterocycles. The largest absolute Gasteiger partial charge is 0.346 e. The summed E-state index contributed by atoms with van der Waals surface area (Å²) in [5.74, 6) is 1.35. The number of H-pyrrole nitrogens is 1. The molecule has 0 saturated heterocycles. The van der Waals surface area contributed by atoms with Gasteiger partial charge >= 0.3 is 0 Å².